The Kier molecular flexibility index (Phi) is 2.65. The number of allylic oxidation sites excluding steroid dienone is 2. The monoisotopic (exact) mass is 214 g/mol. The lowest BCUT2D eigenvalue weighted by Gasteiger charge is -2.02. The molecule has 0 spiro atoms. The quantitative estimate of drug-likeness (QED) is 0.727. The van der Waals surface area contributed by atoms with Crippen LogP contribution in [-0.4, -0.2) is 0 Å². The molecule has 0 N–H and O–H groups in total. The minimum Gasteiger partial charge on any atom is -0.463 e. The van der Waals surface area contributed by atoms with Gasteiger partial charge in [-0.15, -0.1) is 0 Å². The average Bonchev–Trinajstić information content (AvgIpc) is 2.29. The van der Waals surface area contributed by atoms with Crippen molar-refractivity contribution in [2.45, 2.75) is 20.8 Å². The maximum Gasteiger partial charge on any atom is 0.200 e. The summed E-state index contributed by atoms with van der Waals surface area (Å²) in [5.74, 6) is 0. The van der Waals surface area contributed by atoms with Gasteiger partial charge in [0.05, 0.1) is 10.9 Å². The molecular formula is C14H14O2. The van der Waals surface area contributed by atoms with E-state index in [9.17, 15) is 4.79 Å². The van der Waals surface area contributed by atoms with E-state index in [1.165, 1.54) is 6.26 Å². The SMILES string of the molecule is C/C=C(\C)c1coc2ccc(C)cc2c1=O. The topological polar surface area (TPSA) is 30.2 Å². The van der Waals surface area contributed by atoms with Gasteiger partial charge in [-0.05, 0) is 38.5 Å². The third kappa shape index (κ3) is 1.67. The largest absolute Gasteiger partial charge is 0.463 e. The van der Waals surface area contributed by atoms with Gasteiger partial charge in [-0.2, -0.15) is 0 Å². The Labute approximate surface area is 94.2 Å². The van der Waals surface area contributed by atoms with Gasteiger partial charge < -0.3 is 4.42 Å². The van der Waals surface area contributed by atoms with Crippen molar-refractivity contribution in [2.75, 3.05) is 0 Å². The normalized spacial score (nSPS) is 12.1. The molecule has 2 heteroatoms. The van der Waals surface area contributed by atoms with E-state index in [4.69, 9.17) is 4.42 Å². The van der Waals surface area contributed by atoms with E-state index in [0.717, 1.165) is 11.1 Å². The summed E-state index contributed by atoms with van der Waals surface area (Å²) < 4.78 is 5.46. The van der Waals surface area contributed by atoms with Crippen LogP contribution in [0.5, 0.6) is 0 Å². The lowest BCUT2D eigenvalue weighted by molar-refractivity contribution is 0.600. The Morgan fingerprint density at radius 1 is 1.38 bits per heavy atom. The number of hydrogen-bond acceptors (Lipinski definition) is 2. The van der Waals surface area contributed by atoms with Crippen LogP contribution in [0.15, 0.2) is 39.7 Å². The summed E-state index contributed by atoms with van der Waals surface area (Å²) in [5.41, 5.74) is 3.33. The van der Waals surface area contributed by atoms with Gasteiger partial charge in [0.2, 0.25) is 0 Å². The second-order valence-electron chi connectivity index (χ2n) is 3.95. The van der Waals surface area contributed by atoms with Crippen LogP contribution >= 0.6 is 0 Å². The van der Waals surface area contributed by atoms with Gasteiger partial charge in [0.1, 0.15) is 11.8 Å². The Balaban J connectivity index is 2.83. The van der Waals surface area contributed by atoms with Crippen molar-refractivity contribution in [3.05, 3.63) is 51.9 Å². The minimum absolute atomic E-state index is 0.0422. The van der Waals surface area contributed by atoms with E-state index >= 15 is 0 Å². The van der Waals surface area contributed by atoms with Gasteiger partial charge in [0.15, 0.2) is 5.43 Å². The van der Waals surface area contributed by atoms with Crippen LogP contribution in [0.3, 0.4) is 0 Å². The summed E-state index contributed by atoms with van der Waals surface area (Å²) in [6.07, 6.45) is 3.45. The van der Waals surface area contributed by atoms with Gasteiger partial charge >= 0.3 is 0 Å². The molecule has 0 aliphatic rings. The number of benzene rings is 1. The van der Waals surface area contributed by atoms with E-state index < -0.39 is 0 Å². The molecule has 2 aromatic rings. The molecule has 0 unspecified atom stereocenters. The first-order valence-electron chi connectivity index (χ1n) is 5.29. The van der Waals surface area contributed by atoms with Crippen molar-refractivity contribution in [3.63, 3.8) is 0 Å². The van der Waals surface area contributed by atoms with Crippen LogP contribution in [0, 0.1) is 6.92 Å². The van der Waals surface area contributed by atoms with Gasteiger partial charge in [0.25, 0.3) is 0 Å². The zero-order valence-electron chi connectivity index (χ0n) is 9.70. The van der Waals surface area contributed by atoms with E-state index in [1.807, 2.05) is 45.0 Å². The molecule has 2 rings (SSSR count). The molecule has 0 aliphatic carbocycles. The van der Waals surface area contributed by atoms with Crippen LogP contribution < -0.4 is 5.43 Å². The average molecular weight is 214 g/mol. The summed E-state index contributed by atoms with van der Waals surface area (Å²) in [4.78, 5) is 12.2. The molecule has 0 atom stereocenters. The third-order valence-electron chi connectivity index (χ3n) is 2.79. The fourth-order valence-corrected chi connectivity index (χ4v) is 1.67. The molecule has 0 fully saturated rings. The molecule has 0 saturated heterocycles. The highest BCUT2D eigenvalue weighted by molar-refractivity contribution is 5.80. The fraction of sp³-hybridized carbons (Fsp3) is 0.214. The second kappa shape index (κ2) is 3.97. The third-order valence-corrected chi connectivity index (χ3v) is 2.79. The Hall–Kier alpha value is -1.83. The molecule has 82 valence electrons. The molecule has 0 bridgehead atoms. The van der Waals surface area contributed by atoms with Gasteiger partial charge in [-0.1, -0.05) is 17.7 Å². The molecule has 0 saturated carbocycles. The molecule has 0 amide bonds. The first kappa shape index (κ1) is 10.7. The molecule has 0 aliphatic heterocycles. The minimum atomic E-state index is 0.0422. The summed E-state index contributed by atoms with van der Waals surface area (Å²) >= 11 is 0. The van der Waals surface area contributed by atoms with E-state index in [0.29, 0.717) is 16.5 Å². The zero-order chi connectivity index (χ0) is 11.7. The predicted molar refractivity (Wildman–Crippen MR) is 66.5 cm³/mol. The summed E-state index contributed by atoms with van der Waals surface area (Å²) in [5, 5.41) is 0.652. The molecule has 1 aromatic heterocycles. The molecule has 2 nitrogen and oxygen atoms in total. The highest BCUT2D eigenvalue weighted by atomic mass is 16.3. The first-order valence-corrected chi connectivity index (χ1v) is 5.29. The van der Waals surface area contributed by atoms with Crippen LogP contribution in [0.25, 0.3) is 16.5 Å². The van der Waals surface area contributed by atoms with Crippen LogP contribution in [0.4, 0.5) is 0 Å². The number of fused-ring (bicyclic) bond motifs is 1. The number of hydrogen-bond donors (Lipinski definition) is 0. The zero-order valence-corrected chi connectivity index (χ0v) is 9.70. The van der Waals surface area contributed by atoms with Crippen molar-refractivity contribution in [3.8, 4) is 0 Å². The highest BCUT2D eigenvalue weighted by Crippen LogP contribution is 2.16. The maximum absolute atomic E-state index is 12.2. The van der Waals surface area contributed by atoms with Gasteiger partial charge in [-0.3, -0.25) is 4.79 Å². The molecule has 1 heterocycles. The van der Waals surface area contributed by atoms with Crippen molar-refractivity contribution in [1.29, 1.82) is 0 Å². The summed E-state index contributed by atoms with van der Waals surface area (Å²) in [6, 6.07) is 5.64. The predicted octanol–water partition coefficient (Wildman–Crippen LogP) is 3.52. The Morgan fingerprint density at radius 3 is 2.81 bits per heavy atom. The molecular weight excluding hydrogens is 200 g/mol. The lowest BCUT2D eigenvalue weighted by atomic mass is 10.1. The molecule has 0 radical (unpaired) electrons. The van der Waals surface area contributed by atoms with Crippen molar-refractivity contribution in [2.24, 2.45) is 0 Å². The fourth-order valence-electron chi connectivity index (χ4n) is 1.67. The number of rotatable bonds is 1. The van der Waals surface area contributed by atoms with Gasteiger partial charge in [0, 0.05) is 0 Å². The maximum atomic E-state index is 12.2. The smallest absolute Gasteiger partial charge is 0.200 e. The van der Waals surface area contributed by atoms with Crippen LogP contribution in [0.2, 0.25) is 0 Å². The molecule has 1 aromatic carbocycles. The summed E-state index contributed by atoms with van der Waals surface area (Å²) in [6.45, 7) is 5.79. The van der Waals surface area contributed by atoms with Crippen molar-refractivity contribution >= 4 is 16.5 Å². The summed E-state index contributed by atoms with van der Waals surface area (Å²) in [7, 11) is 0. The highest BCUT2D eigenvalue weighted by Gasteiger charge is 2.07. The van der Waals surface area contributed by atoms with Gasteiger partial charge in [-0.25, -0.2) is 0 Å². The number of aryl methyl sites for hydroxylation is 1. The van der Waals surface area contributed by atoms with Crippen molar-refractivity contribution < 1.29 is 4.42 Å². The van der Waals surface area contributed by atoms with E-state index in [2.05, 4.69) is 0 Å². The Morgan fingerprint density at radius 2 is 2.12 bits per heavy atom. The van der Waals surface area contributed by atoms with Crippen LogP contribution in [0.1, 0.15) is 25.0 Å². The van der Waals surface area contributed by atoms with E-state index in [1.54, 1.807) is 0 Å². The van der Waals surface area contributed by atoms with Crippen molar-refractivity contribution in [1.82, 2.24) is 0 Å². The lowest BCUT2D eigenvalue weighted by Crippen LogP contribution is -2.07. The molecule has 16 heavy (non-hydrogen) atoms. The second-order valence-corrected chi connectivity index (χ2v) is 3.95. The standard InChI is InChI=1S/C14H14O2/c1-4-10(3)12-8-16-13-6-5-9(2)7-11(13)14(12)15/h4-8H,1-3H3/b10-4+. The van der Waals surface area contributed by atoms with E-state index in [-0.39, 0.29) is 5.43 Å². The first-order chi connectivity index (χ1) is 7.63. The Bertz CT molecular complexity index is 618. The van der Waals surface area contributed by atoms with Crippen LogP contribution in [-0.2, 0) is 0 Å².